The Hall–Kier alpha value is -6.78. The van der Waals surface area contributed by atoms with E-state index in [0.717, 1.165) is 44.4 Å². The molecule has 0 radical (unpaired) electrons. The molecule has 0 saturated heterocycles. The minimum atomic E-state index is 0.390. The molecule has 0 unspecified atom stereocenters. The number of hydrogen-bond acceptors (Lipinski definition) is 2. The SMILES string of the molecule is CC(C)c1ccc2c3ccc(C(C)C)cc3c3nc(-c4cc(-n5c6ccccc6c6ccccc65)cc(-n5c6ccccc6c6ccccc65)c4)cnc3c2c1. The van der Waals surface area contributed by atoms with E-state index in [4.69, 9.17) is 9.97 Å². The van der Waals surface area contributed by atoms with Crippen LogP contribution in [0.4, 0.5) is 0 Å². The van der Waals surface area contributed by atoms with Crippen molar-refractivity contribution in [1.29, 1.82) is 0 Å². The summed E-state index contributed by atoms with van der Waals surface area (Å²) >= 11 is 0. The van der Waals surface area contributed by atoms with Crippen LogP contribution in [-0.4, -0.2) is 19.1 Å². The molecule has 3 aromatic heterocycles. The van der Waals surface area contributed by atoms with Gasteiger partial charge in [0.05, 0.1) is 45.0 Å². The lowest BCUT2D eigenvalue weighted by Gasteiger charge is -2.17. The highest BCUT2D eigenvalue weighted by atomic mass is 15.0. The Kier molecular flexibility index (Phi) is 7.21. The molecule has 0 saturated carbocycles. The lowest BCUT2D eigenvalue weighted by Crippen LogP contribution is -2.01. The van der Waals surface area contributed by atoms with E-state index in [9.17, 15) is 0 Å². The Morgan fingerprint density at radius 2 is 0.804 bits per heavy atom. The van der Waals surface area contributed by atoms with Gasteiger partial charge in [-0.1, -0.05) is 125 Å². The number of hydrogen-bond donors (Lipinski definition) is 0. The first-order valence-electron chi connectivity index (χ1n) is 19.7. The monoisotopic (exact) mass is 720 g/mol. The Labute approximate surface area is 325 Å². The average molecular weight is 721 g/mol. The van der Waals surface area contributed by atoms with Crippen LogP contribution in [0.15, 0.2) is 158 Å². The van der Waals surface area contributed by atoms with Crippen LogP contribution in [0.5, 0.6) is 0 Å². The maximum atomic E-state index is 5.61. The lowest BCUT2D eigenvalue weighted by molar-refractivity contribution is 0.868. The summed E-state index contributed by atoms with van der Waals surface area (Å²) in [6.45, 7) is 9.02. The summed E-state index contributed by atoms with van der Waals surface area (Å²) in [6, 6.07) is 55.6. The number of aromatic nitrogens is 4. The van der Waals surface area contributed by atoms with Crippen LogP contribution in [0.25, 0.3) is 98.8 Å². The maximum Gasteiger partial charge on any atom is 0.0979 e. The average Bonchev–Trinajstić information content (AvgIpc) is 3.76. The Morgan fingerprint density at radius 1 is 0.393 bits per heavy atom. The van der Waals surface area contributed by atoms with Crippen LogP contribution in [0.3, 0.4) is 0 Å². The van der Waals surface area contributed by atoms with E-state index in [0.29, 0.717) is 11.8 Å². The Balaban J connectivity index is 1.25. The molecular formula is C52H40N4. The van der Waals surface area contributed by atoms with Crippen LogP contribution in [0.1, 0.15) is 50.7 Å². The third-order valence-corrected chi connectivity index (χ3v) is 11.9. The summed E-state index contributed by atoms with van der Waals surface area (Å²) in [7, 11) is 0. The quantitative estimate of drug-likeness (QED) is 0.166. The summed E-state index contributed by atoms with van der Waals surface area (Å²) in [5.41, 5.74) is 13.2. The molecule has 11 aromatic rings. The number of benzene rings is 8. The first-order valence-corrected chi connectivity index (χ1v) is 19.7. The van der Waals surface area contributed by atoms with Gasteiger partial charge < -0.3 is 9.13 Å². The number of nitrogens with zero attached hydrogens (tertiary/aromatic N) is 4. The molecule has 3 heterocycles. The second-order valence-electron chi connectivity index (χ2n) is 15.8. The van der Waals surface area contributed by atoms with Crippen molar-refractivity contribution in [3.8, 4) is 22.6 Å². The number of para-hydroxylation sites is 4. The molecule has 0 atom stereocenters. The topological polar surface area (TPSA) is 35.6 Å². The van der Waals surface area contributed by atoms with Gasteiger partial charge in [0.15, 0.2) is 0 Å². The molecule has 11 rings (SSSR count). The molecule has 56 heavy (non-hydrogen) atoms. The van der Waals surface area contributed by atoms with Crippen molar-refractivity contribution < 1.29 is 0 Å². The molecule has 0 bridgehead atoms. The second kappa shape index (κ2) is 12.4. The zero-order valence-electron chi connectivity index (χ0n) is 32.0. The van der Waals surface area contributed by atoms with Crippen molar-refractivity contribution in [1.82, 2.24) is 19.1 Å². The first kappa shape index (κ1) is 32.6. The maximum absolute atomic E-state index is 5.61. The van der Waals surface area contributed by atoms with Crippen LogP contribution in [-0.2, 0) is 0 Å². The van der Waals surface area contributed by atoms with Gasteiger partial charge in [-0.3, -0.25) is 4.98 Å². The Bertz CT molecular complexity index is 3140. The van der Waals surface area contributed by atoms with Gasteiger partial charge in [-0.15, -0.1) is 0 Å². The van der Waals surface area contributed by atoms with Gasteiger partial charge in [0, 0.05) is 49.3 Å². The highest BCUT2D eigenvalue weighted by Gasteiger charge is 2.19. The van der Waals surface area contributed by atoms with Gasteiger partial charge in [0.25, 0.3) is 0 Å². The lowest BCUT2D eigenvalue weighted by atomic mass is 9.92. The highest BCUT2D eigenvalue weighted by Crippen LogP contribution is 2.40. The van der Waals surface area contributed by atoms with Gasteiger partial charge >= 0.3 is 0 Å². The van der Waals surface area contributed by atoms with Crippen LogP contribution >= 0.6 is 0 Å². The fraction of sp³-hybridized carbons (Fsp3) is 0.115. The van der Waals surface area contributed by atoms with Crippen LogP contribution < -0.4 is 0 Å². The predicted molar refractivity (Wildman–Crippen MR) is 237 cm³/mol. The molecule has 0 amide bonds. The minimum Gasteiger partial charge on any atom is -0.309 e. The summed E-state index contributed by atoms with van der Waals surface area (Å²) in [4.78, 5) is 10.9. The second-order valence-corrected chi connectivity index (χ2v) is 15.8. The van der Waals surface area contributed by atoms with E-state index < -0.39 is 0 Å². The molecule has 4 nitrogen and oxygen atoms in total. The van der Waals surface area contributed by atoms with E-state index in [-0.39, 0.29) is 0 Å². The predicted octanol–water partition coefficient (Wildman–Crippen LogP) is 14.0. The number of rotatable bonds is 5. The fourth-order valence-electron chi connectivity index (χ4n) is 9.02. The molecule has 0 aliphatic carbocycles. The Morgan fingerprint density at radius 3 is 1.23 bits per heavy atom. The standard InChI is InChI=1S/C52H40N4/c1-31(2)33-21-23-38-39-24-22-34(32(3)4)28-45(39)52-51(44(38)27-33)53-30-46(54-52)35-25-36(55-47-17-9-5-13-40(47)41-14-6-10-18-48(41)55)29-37(26-35)56-49-19-11-7-15-42(49)43-16-8-12-20-50(43)56/h5-32H,1-4H3. The van der Waals surface area contributed by atoms with E-state index in [1.54, 1.807) is 0 Å². The summed E-state index contributed by atoms with van der Waals surface area (Å²) < 4.78 is 4.82. The van der Waals surface area contributed by atoms with E-state index >= 15 is 0 Å². The normalized spacial score (nSPS) is 12.2. The van der Waals surface area contributed by atoms with Crippen molar-refractivity contribution in [3.63, 3.8) is 0 Å². The fourth-order valence-corrected chi connectivity index (χ4v) is 9.02. The summed E-state index contributed by atoms with van der Waals surface area (Å²) in [5.74, 6) is 0.796. The van der Waals surface area contributed by atoms with Crippen molar-refractivity contribution in [2.75, 3.05) is 0 Å². The van der Waals surface area contributed by atoms with Crippen LogP contribution in [0, 0.1) is 0 Å². The smallest absolute Gasteiger partial charge is 0.0979 e. The largest absolute Gasteiger partial charge is 0.309 e. The van der Waals surface area contributed by atoms with Gasteiger partial charge in [-0.05, 0) is 88.3 Å². The molecule has 0 N–H and O–H groups in total. The zero-order valence-corrected chi connectivity index (χ0v) is 32.0. The molecule has 0 aliphatic rings. The van der Waals surface area contributed by atoms with E-state index in [2.05, 4.69) is 188 Å². The van der Waals surface area contributed by atoms with Crippen LogP contribution in [0.2, 0.25) is 0 Å². The van der Waals surface area contributed by atoms with Gasteiger partial charge in [-0.2, -0.15) is 0 Å². The van der Waals surface area contributed by atoms with Crippen molar-refractivity contribution >= 4 is 76.2 Å². The van der Waals surface area contributed by atoms with Gasteiger partial charge in [0.2, 0.25) is 0 Å². The number of fused-ring (bicyclic) bond motifs is 12. The molecule has 4 heteroatoms. The molecule has 0 fully saturated rings. The minimum absolute atomic E-state index is 0.390. The molecule has 0 spiro atoms. The van der Waals surface area contributed by atoms with Crippen molar-refractivity contribution in [2.24, 2.45) is 0 Å². The highest BCUT2D eigenvalue weighted by molar-refractivity contribution is 6.23. The summed E-state index contributed by atoms with van der Waals surface area (Å²) in [6.07, 6.45) is 1.99. The third-order valence-electron chi connectivity index (χ3n) is 11.9. The van der Waals surface area contributed by atoms with E-state index in [1.807, 2.05) is 6.20 Å². The van der Waals surface area contributed by atoms with E-state index in [1.165, 1.54) is 65.5 Å². The third kappa shape index (κ3) is 4.85. The van der Waals surface area contributed by atoms with Crippen molar-refractivity contribution in [3.05, 3.63) is 169 Å². The zero-order chi connectivity index (χ0) is 37.7. The summed E-state index contributed by atoms with van der Waals surface area (Å²) in [5, 5.41) is 9.66. The van der Waals surface area contributed by atoms with Gasteiger partial charge in [0.1, 0.15) is 0 Å². The molecule has 268 valence electrons. The van der Waals surface area contributed by atoms with Crippen molar-refractivity contribution in [2.45, 2.75) is 39.5 Å². The molecular weight excluding hydrogens is 681 g/mol. The first-order chi connectivity index (χ1) is 27.4. The van der Waals surface area contributed by atoms with Gasteiger partial charge in [-0.25, -0.2) is 4.98 Å². The molecule has 0 aliphatic heterocycles. The molecule has 8 aromatic carbocycles.